The molecule has 0 heterocycles. The molecule has 1 atom stereocenters. The Labute approximate surface area is 183 Å². The number of amidine groups is 1. The number of nitrogens with zero attached hydrogens (tertiary/aromatic N) is 1. The molecule has 3 rings (SSSR count). The zero-order valence-electron chi connectivity index (χ0n) is 16.6. The van der Waals surface area contributed by atoms with E-state index in [1.807, 2.05) is 0 Å². The third kappa shape index (κ3) is 5.07. The lowest BCUT2D eigenvalue weighted by atomic mass is 10.00. The molecule has 0 aliphatic carbocycles. The second-order valence-corrected chi connectivity index (χ2v) is 7.21. The highest BCUT2D eigenvalue weighted by Gasteiger charge is 2.31. The van der Waals surface area contributed by atoms with E-state index in [-0.39, 0.29) is 12.4 Å². The maximum absolute atomic E-state index is 14.8. The molecule has 1 unspecified atom stereocenters. The molecule has 3 aromatic rings. The number of carbonyl (C=O) groups excluding carboxylic acids is 1. The van der Waals surface area contributed by atoms with Gasteiger partial charge in [0.15, 0.2) is 6.10 Å². The maximum atomic E-state index is 14.8. The van der Waals surface area contributed by atoms with Gasteiger partial charge in [-0.05, 0) is 28.8 Å². The minimum atomic E-state index is -1.56. The molecule has 0 aliphatic rings. The Hall–Kier alpha value is -3.29. The molecule has 5 nitrogen and oxygen atoms in total. The van der Waals surface area contributed by atoms with Gasteiger partial charge in [-0.2, -0.15) is 0 Å². The number of methoxy groups -OCH3 is 1. The summed E-state index contributed by atoms with van der Waals surface area (Å²) in [5, 5.41) is 7.40. The Morgan fingerprint density at radius 3 is 2.16 bits per heavy atom. The zero-order valence-corrected chi connectivity index (χ0v) is 17.4. The van der Waals surface area contributed by atoms with Gasteiger partial charge in [0.05, 0.1) is 12.1 Å². The van der Waals surface area contributed by atoms with Crippen molar-refractivity contribution in [1.29, 1.82) is 5.41 Å². The third-order valence-corrected chi connectivity index (χ3v) is 5.02. The van der Waals surface area contributed by atoms with E-state index >= 15 is 0 Å². The second kappa shape index (κ2) is 9.68. The van der Waals surface area contributed by atoms with Crippen LogP contribution in [-0.4, -0.2) is 23.3 Å². The molecule has 0 bridgehead atoms. The van der Waals surface area contributed by atoms with Crippen LogP contribution in [0.25, 0.3) is 11.1 Å². The highest BCUT2D eigenvalue weighted by Crippen LogP contribution is 2.31. The molecule has 0 spiro atoms. The molecule has 31 heavy (non-hydrogen) atoms. The van der Waals surface area contributed by atoms with Crippen LogP contribution in [0.1, 0.15) is 22.8 Å². The Kier molecular flexibility index (Phi) is 6.99. The number of nitrogens with two attached hydrogens (primary N) is 1. The van der Waals surface area contributed by atoms with E-state index in [9.17, 15) is 13.6 Å². The normalized spacial score (nSPS) is 11.7. The number of ether oxygens (including phenoxy) is 1. The first-order valence-electron chi connectivity index (χ1n) is 9.29. The monoisotopic (exact) mass is 443 g/mol. The van der Waals surface area contributed by atoms with Crippen LogP contribution in [-0.2, 0) is 16.1 Å². The summed E-state index contributed by atoms with van der Waals surface area (Å²) >= 11 is 6.12. The lowest BCUT2D eigenvalue weighted by molar-refractivity contribution is -0.138. The van der Waals surface area contributed by atoms with Crippen LogP contribution in [0.15, 0.2) is 66.7 Å². The number of hydrogen-bond donors (Lipinski definition) is 2. The Bertz CT molecular complexity index is 1070. The first-order valence-corrected chi connectivity index (χ1v) is 9.63. The Balaban J connectivity index is 1.83. The van der Waals surface area contributed by atoms with Crippen molar-refractivity contribution in [1.82, 2.24) is 4.42 Å². The van der Waals surface area contributed by atoms with Gasteiger partial charge in [-0.15, -0.1) is 0 Å². The molecule has 0 saturated carbocycles. The van der Waals surface area contributed by atoms with Gasteiger partial charge in [-0.3, -0.25) is 10.2 Å². The van der Waals surface area contributed by atoms with Gasteiger partial charge in [0.2, 0.25) is 0 Å². The fourth-order valence-electron chi connectivity index (χ4n) is 3.13. The standard InChI is InChI=1S/C23H20ClF2N3O2/c1-31-21(23(30)29(24)13-14-7-9-16(10-8-14)22(27)28)20-18(25)11-17(12-19(20)26)15-5-3-2-4-6-15/h2-12,21H,13H2,1H3,(H3,27,28). The summed E-state index contributed by atoms with van der Waals surface area (Å²) in [7, 11) is 1.18. The molecule has 0 aliphatic heterocycles. The van der Waals surface area contributed by atoms with Crippen LogP contribution in [0, 0.1) is 17.0 Å². The van der Waals surface area contributed by atoms with Gasteiger partial charge in [-0.1, -0.05) is 54.6 Å². The lowest BCUT2D eigenvalue weighted by Gasteiger charge is -2.22. The third-order valence-electron chi connectivity index (χ3n) is 4.73. The van der Waals surface area contributed by atoms with Crippen molar-refractivity contribution in [3.63, 3.8) is 0 Å². The molecule has 0 radical (unpaired) electrons. The summed E-state index contributed by atoms with van der Waals surface area (Å²) in [5.74, 6) is -2.72. The average Bonchev–Trinajstić information content (AvgIpc) is 2.76. The highest BCUT2D eigenvalue weighted by atomic mass is 35.5. The number of carbonyl (C=O) groups is 1. The lowest BCUT2D eigenvalue weighted by Crippen LogP contribution is -2.29. The quantitative estimate of drug-likeness (QED) is 0.313. The first kappa shape index (κ1) is 22.4. The number of benzene rings is 3. The van der Waals surface area contributed by atoms with Crippen LogP contribution in [0.5, 0.6) is 0 Å². The average molecular weight is 444 g/mol. The van der Waals surface area contributed by atoms with Crippen molar-refractivity contribution in [2.24, 2.45) is 5.73 Å². The van der Waals surface area contributed by atoms with E-state index in [4.69, 9.17) is 27.7 Å². The van der Waals surface area contributed by atoms with E-state index in [2.05, 4.69) is 0 Å². The topological polar surface area (TPSA) is 79.4 Å². The highest BCUT2D eigenvalue weighted by molar-refractivity contribution is 6.21. The summed E-state index contributed by atoms with van der Waals surface area (Å²) in [4.78, 5) is 12.8. The number of nitrogen functional groups attached to an aromatic ring is 1. The summed E-state index contributed by atoms with van der Waals surface area (Å²) in [6.07, 6.45) is -1.56. The van der Waals surface area contributed by atoms with Gasteiger partial charge in [0.1, 0.15) is 17.5 Å². The fraction of sp³-hybridized carbons (Fsp3) is 0.130. The molecular weight excluding hydrogens is 424 g/mol. The van der Waals surface area contributed by atoms with Crippen LogP contribution in [0.3, 0.4) is 0 Å². The van der Waals surface area contributed by atoms with E-state index < -0.39 is 29.2 Å². The molecular formula is C23H20ClF2N3O2. The number of rotatable bonds is 7. The van der Waals surface area contributed by atoms with Gasteiger partial charge in [0, 0.05) is 24.4 Å². The predicted molar refractivity (Wildman–Crippen MR) is 115 cm³/mol. The molecule has 1 amide bonds. The molecule has 0 saturated heterocycles. The van der Waals surface area contributed by atoms with Crippen molar-refractivity contribution in [2.45, 2.75) is 12.6 Å². The van der Waals surface area contributed by atoms with E-state index in [0.717, 1.165) is 16.6 Å². The van der Waals surface area contributed by atoms with E-state index in [0.29, 0.717) is 22.3 Å². The number of halogens is 3. The van der Waals surface area contributed by atoms with Crippen molar-refractivity contribution in [3.05, 3.63) is 95.1 Å². The number of nitrogens with one attached hydrogen (secondary N) is 1. The second-order valence-electron chi connectivity index (χ2n) is 6.80. The van der Waals surface area contributed by atoms with Crippen molar-refractivity contribution < 1.29 is 18.3 Å². The van der Waals surface area contributed by atoms with Gasteiger partial charge < -0.3 is 10.5 Å². The molecule has 0 fully saturated rings. The number of hydrogen-bond acceptors (Lipinski definition) is 3. The van der Waals surface area contributed by atoms with Gasteiger partial charge in [0.25, 0.3) is 5.91 Å². The minimum absolute atomic E-state index is 0.0379. The van der Waals surface area contributed by atoms with Crippen LogP contribution in [0.4, 0.5) is 8.78 Å². The minimum Gasteiger partial charge on any atom is -0.384 e. The van der Waals surface area contributed by atoms with E-state index in [1.165, 1.54) is 7.11 Å². The smallest absolute Gasteiger partial charge is 0.271 e. The summed E-state index contributed by atoms with van der Waals surface area (Å²) in [6, 6.07) is 17.6. The molecule has 8 heteroatoms. The summed E-state index contributed by atoms with van der Waals surface area (Å²) in [6.45, 7) is -0.0379. The molecule has 160 valence electrons. The summed E-state index contributed by atoms with van der Waals surface area (Å²) < 4.78 is 35.6. The summed E-state index contributed by atoms with van der Waals surface area (Å²) in [5.41, 5.74) is 7.05. The van der Waals surface area contributed by atoms with Crippen molar-refractivity contribution >= 4 is 23.5 Å². The number of amides is 1. The Morgan fingerprint density at radius 1 is 1.06 bits per heavy atom. The van der Waals surface area contributed by atoms with Crippen LogP contribution in [0.2, 0.25) is 0 Å². The van der Waals surface area contributed by atoms with Crippen molar-refractivity contribution in [3.8, 4) is 11.1 Å². The zero-order chi connectivity index (χ0) is 22.5. The van der Waals surface area contributed by atoms with E-state index in [1.54, 1.807) is 54.6 Å². The fourth-order valence-corrected chi connectivity index (χ4v) is 3.36. The van der Waals surface area contributed by atoms with Crippen molar-refractivity contribution in [2.75, 3.05) is 7.11 Å². The predicted octanol–water partition coefficient (Wildman–Crippen LogP) is 4.79. The molecule has 3 N–H and O–H groups in total. The SMILES string of the molecule is COC(C(=O)N(Cl)Cc1ccc(C(=N)N)cc1)c1c(F)cc(-c2ccccc2)cc1F. The van der Waals surface area contributed by atoms with Crippen LogP contribution >= 0.6 is 11.8 Å². The van der Waals surface area contributed by atoms with Gasteiger partial charge >= 0.3 is 0 Å². The first-order chi connectivity index (χ1) is 14.8. The maximum Gasteiger partial charge on any atom is 0.271 e. The molecule has 0 aromatic heterocycles. The largest absolute Gasteiger partial charge is 0.384 e. The Morgan fingerprint density at radius 2 is 1.65 bits per heavy atom. The van der Waals surface area contributed by atoms with Crippen LogP contribution < -0.4 is 5.73 Å². The van der Waals surface area contributed by atoms with Gasteiger partial charge in [-0.25, -0.2) is 13.2 Å². The molecule has 3 aromatic carbocycles.